The highest BCUT2D eigenvalue weighted by molar-refractivity contribution is 7.00. The number of nitrogens with zero attached hydrogens (tertiary/aromatic N) is 3. The standard InChI is InChI=1S/C72H76BN3O/c1-67(2,3)45-37-62-65-63(38-45)76(50-39-52-51-27-21-22-28-64(51)77-66(52)57(41-50)68(4,5)6)60-42-49(74(46-23-17-15-18-24-46)47-25-19-16-20-26-47)30-32-58(60)73(65)59-43-55-56(72(13,14)36-35-71(55,11)12)44-61(59)75(62)48-29-31-53-54(40-48)70(9,10)34-33-69(53,7)8/h15-32,37-44H,33-36H2,1-14H3. The molecule has 2 aliphatic heterocycles. The Bertz CT molecular complexity index is 3820. The molecule has 77 heavy (non-hydrogen) atoms. The van der Waals surface area contributed by atoms with Gasteiger partial charge in [-0.15, -0.1) is 0 Å². The molecule has 0 radical (unpaired) electrons. The van der Waals surface area contributed by atoms with Crippen LogP contribution < -0.4 is 31.1 Å². The summed E-state index contributed by atoms with van der Waals surface area (Å²) in [4.78, 5) is 7.79. The molecule has 0 unspecified atom stereocenters. The van der Waals surface area contributed by atoms with Crippen molar-refractivity contribution in [2.75, 3.05) is 14.7 Å². The van der Waals surface area contributed by atoms with Gasteiger partial charge in [-0.2, -0.15) is 0 Å². The first-order valence-corrected chi connectivity index (χ1v) is 28.5. The Morgan fingerprint density at radius 1 is 0.429 bits per heavy atom. The molecule has 1 aromatic heterocycles. The highest BCUT2D eigenvalue weighted by Crippen LogP contribution is 2.54. The minimum Gasteiger partial charge on any atom is -0.456 e. The zero-order chi connectivity index (χ0) is 53.9. The third-order valence-corrected chi connectivity index (χ3v) is 18.8. The van der Waals surface area contributed by atoms with Crippen molar-refractivity contribution in [1.29, 1.82) is 0 Å². The average Bonchev–Trinajstić information content (AvgIpc) is 3.77. The SMILES string of the molecule is CC(C)(C)c1cc2c3c(c1)N(c1ccc4c(c1)C(C)(C)CCC4(C)C)c1cc4c(cc1B3c1ccc(N(c3ccccc3)c3ccccc3)cc1N2c1cc(C(C)(C)C)c2oc3ccccc3c2c1)C(C)(C)CCC4(C)C. The van der Waals surface area contributed by atoms with Gasteiger partial charge in [0.15, 0.2) is 0 Å². The molecule has 0 amide bonds. The Morgan fingerprint density at radius 3 is 1.56 bits per heavy atom. The van der Waals surface area contributed by atoms with E-state index < -0.39 is 0 Å². The van der Waals surface area contributed by atoms with Crippen molar-refractivity contribution in [2.45, 2.75) is 155 Å². The number of fused-ring (bicyclic) bond motifs is 9. The van der Waals surface area contributed by atoms with Crippen LogP contribution in [0.15, 0.2) is 162 Å². The maximum absolute atomic E-state index is 6.88. The Balaban J connectivity index is 1.18. The van der Waals surface area contributed by atoms with E-state index in [0.29, 0.717) is 0 Å². The summed E-state index contributed by atoms with van der Waals surface area (Å²) < 4.78 is 6.88. The second kappa shape index (κ2) is 16.8. The van der Waals surface area contributed by atoms with E-state index in [1.807, 2.05) is 0 Å². The molecule has 0 bridgehead atoms. The van der Waals surface area contributed by atoms with E-state index in [0.717, 1.165) is 64.0 Å². The lowest BCUT2D eigenvalue weighted by Gasteiger charge is -2.48. The molecule has 0 spiro atoms. The van der Waals surface area contributed by atoms with E-state index in [4.69, 9.17) is 4.42 Å². The number of anilines is 9. The van der Waals surface area contributed by atoms with E-state index in [2.05, 4.69) is 269 Å². The van der Waals surface area contributed by atoms with Gasteiger partial charge in [-0.1, -0.05) is 170 Å². The van der Waals surface area contributed by atoms with Crippen LogP contribution in [0.1, 0.15) is 156 Å². The van der Waals surface area contributed by atoms with Crippen molar-refractivity contribution < 1.29 is 4.42 Å². The van der Waals surface area contributed by atoms with Gasteiger partial charge in [0, 0.05) is 67.5 Å². The number of para-hydroxylation sites is 3. The highest BCUT2D eigenvalue weighted by Gasteiger charge is 2.48. The summed E-state index contributed by atoms with van der Waals surface area (Å²) in [5, 5.41) is 2.28. The normalized spacial score (nSPS) is 17.6. The van der Waals surface area contributed by atoms with Crippen molar-refractivity contribution in [3.05, 3.63) is 191 Å². The minimum atomic E-state index is -0.223. The minimum absolute atomic E-state index is 0.0106. The van der Waals surface area contributed by atoms with E-state index in [1.54, 1.807) is 0 Å². The molecule has 4 nitrogen and oxygen atoms in total. The zero-order valence-electron chi connectivity index (χ0n) is 48.2. The Kier molecular flexibility index (Phi) is 10.8. The van der Waals surface area contributed by atoms with Crippen LogP contribution in [0.2, 0.25) is 0 Å². The molecule has 388 valence electrons. The molecule has 9 aromatic rings. The Hall–Kier alpha value is -6.98. The summed E-state index contributed by atoms with van der Waals surface area (Å²) in [6.07, 6.45) is 4.64. The number of furan rings is 1. The summed E-state index contributed by atoms with van der Waals surface area (Å²) in [5.41, 5.74) is 24.8. The van der Waals surface area contributed by atoms with E-state index >= 15 is 0 Å². The maximum atomic E-state index is 6.88. The fraction of sp³-hybridized carbons (Fsp3) is 0.333. The molecule has 8 aromatic carbocycles. The monoisotopic (exact) mass is 1010 g/mol. The van der Waals surface area contributed by atoms with Crippen LogP contribution in [-0.2, 0) is 32.5 Å². The second-order valence-electron chi connectivity index (χ2n) is 28.0. The molecule has 0 atom stereocenters. The van der Waals surface area contributed by atoms with Gasteiger partial charge in [-0.25, -0.2) is 0 Å². The molecule has 0 saturated carbocycles. The largest absolute Gasteiger partial charge is 0.456 e. The lowest BCUT2D eigenvalue weighted by molar-refractivity contribution is 0.332. The number of hydrogen-bond acceptors (Lipinski definition) is 4. The molecule has 0 saturated heterocycles. The van der Waals surface area contributed by atoms with Crippen LogP contribution in [0.25, 0.3) is 21.9 Å². The summed E-state index contributed by atoms with van der Waals surface area (Å²) >= 11 is 0. The molecule has 4 aliphatic rings. The Morgan fingerprint density at radius 2 is 0.961 bits per heavy atom. The summed E-state index contributed by atoms with van der Waals surface area (Å²) in [6.45, 7) is 33.9. The fourth-order valence-electron chi connectivity index (χ4n) is 14.0. The summed E-state index contributed by atoms with van der Waals surface area (Å²) in [7, 11) is 0. The van der Waals surface area contributed by atoms with Crippen molar-refractivity contribution in [3.63, 3.8) is 0 Å². The van der Waals surface area contributed by atoms with Gasteiger partial charge in [0.1, 0.15) is 11.2 Å². The number of benzene rings is 8. The maximum Gasteiger partial charge on any atom is 0.252 e. The predicted molar refractivity (Wildman–Crippen MR) is 330 cm³/mol. The van der Waals surface area contributed by atoms with Crippen molar-refractivity contribution in [2.24, 2.45) is 0 Å². The lowest BCUT2D eigenvalue weighted by atomic mass is 9.33. The zero-order valence-corrected chi connectivity index (χ0v) is 48.2. The topological polar surface area (TPSA) is 22.9 Å². The number of hydrogen-bond donors (Lipinski definition) is 0. The molecule has 2 aliphatic carbocycles. The number of rotatable bonds is 5. The van der Waals surface area contributed by atoms with E-state index in [9.17, 15) is 0 Å². The highest BCUT2D eigenvalue weighted by atomic mass is 16.3. The van der Waals surface area contributed by atoms with Gasteiger partial charge in [0.05, 0.1) is 0 Å². The van der Waals surface area contributed by atoms with Gasteiger partial charge in [-0.3, -0.25) is 0 Å². The fourth-order valence-corrected chi connectivity index (χ4v) is 14.0. The van der Waals surface area contributed by atoms with Gasteiger partial charge < -0.3 is 19.1 Å². The van der Waals surface area contributed by atoms with Crippen LogP contribution in [0, 0.1) is 0 Å². The van der Waals surface area contributed by atoms with Crippen molar-refractivity contribution in [1.82, 2.24) is 0 Å². The third kappa shape index (κ3) is 7.75. The molecule has 0 N–H and O–H groups in total. The van der Waals surface area contributed by atoms with Crippen LogP contribution in [-0.4, -0.2) is 6.71 Å². The first kappa shape index (κ1) is 49.6. The molecule has 3 heterocycles. The van der Waals surface area contributed by atoms with Crippen molar-refractivity contribution >= 4 is 96.2 Å². The second-order valence-corrected chi connectivity index (χ2v) is 28.0. The summed E-state index contributed by atoms with van der Waals surface area (Å²) in [6, 6.07) is 60.7. The van der Waals surface area contributed by atoms with Gasteiger partial charge in [0.25, 0.3) is 6.71 Å². The smallest absolute Gasteiger partial charge is 0.252 e. The lowest BCUT2D eigenvalue weighted by Crippen LogP contribution is -2.62. The quantitative estimate of drug-likeness (QED) is 0.160. The first-order chi connectivity index (χ1) is 36.4. The van der Waals surface area contributed by atoms with Crippen molar-refractivity contribution in [3.8, 4) is 0 Å². The molecule has 5 heteroatoms. The third-order valence-electron chi connectivity index (χ3n) is 18.8. The van der Waals surface area contributed by atoms with Crippen LogP contribution in [0.5, 0.6) is 0 Å². The Labute approximate surface area is 459 Å². The van der Waals surface area contributed by atoms with Crippen LogP contribution in [0.4, 0.5) is 51.2 Å². The first-order valence-electron chi connectivity index (χ1n) is 28.5. The summed E-state index contributed by atoms with van der Waals surface area (Å²) in [5.74, 6) is 0. The molecular formula is C72H76BN3O. The van der Waals surface area contributed by atoms with Gasteiger partial charge in [-0.05, 0) is 187 Å². The average molecular weight is 1010 g/mol. The predicted octanol–water partition coefficient (Wildman–Crippen LogP) is 18.4. The molecule has 13 rings (SSSR count). The molecular weight excluding hydrogens is 934 g/mol. The van der Waals surface area contributed by atoms with E-state index in [-0.39, 0.29) is 39.2 Å². The van der Waals surface area contributed by atoms with Gasteiger partial charge in [0.2, 0.25) is 0 Å². The van der Waals surface area contributed by atoms with Crippen LogP contribution in [0.3, 0.4) is 0 Å². The van der Waals surface area contributed by atoms with Crippen LogP contribution >= 0.6 is 0 Å². The van der Waals surface area contributed by atoms with E-state index in [1.165, 1.54) is 84.6 Å². The molecule has 0 fully saturated rings. The van der Waals surface area contributed by atoms with Gasteiger partial charge >= 0.3 is 0 Å².